The van der Waals surface area contributed by atoms with Crippen LogP contribution in [0.3, 0.4) is 0 Å². The lowest BCUT2D eigenvalue weighted by Gasteiger charge is -2.34. The van der Waals surface area contributed by atoms with Crippen LogP contribution in [0.15, 0.2) is 246 Å². The number of rotatable bonds is 8. The van der Waals surface area contributed by atoms with Gasteiger partial charge in [-0.2, -0.15) is 9.97 Å². The molecular weight excluding hydrogens is 875 g/mol. The van der Waals surface area contributed by atoms with Crippen molar-refractivity contribution in [3.8, 4) is 39.9 Å². The van der Waals surface area contributed by atoms with E-state index in [0.717, 1.165) is 82.4 Å². The Balaban J connectivity index is 1.05. The first-order valence-electron chi connectivity index (χ1n) is 23.4. The van der Waals surface area contributed by atoms with E-state index in [0.29, 0.717) is 23.2 Å². The quantitative estimate of drug-likeness (QED) is 0.112. The topological polar surface area (TPSA) is 82.8 Å². The Morgan fingerprint density at radius 3 is 1.66 bits per heavy atom. The summed E-state index contributed by atoms with van der Waals surface area (Å²) in [5, 5.41) is 11.3. The number of pyridine rings is 1. The lowest BCUT2D eigenvalue weighted by atomic mass is 9.98. The molecule has 70 heavy (non-hydrogen) atoms. The number of hydrogen-bond acceptors (Lipinski definition) is 6. The molecule has 0 aliphatic heterocycles. The van der Waals surface area contributed by atoms with Crippen LogP contribution in [0.5, 0.6) is 0 Å². The van der Waals surface area contributed by atoms with Crippen LogP contribution in [-0.4, -0.2) is 32.6 Å². The molecular formula is C62H39N5O2Si. The highest BCUT2D eigenvalue weighted by atomic mass is 28.3. The summed E-state index contributed by atoms with van der Waals surface area (Å²) in [6, 6.07) is 79.7. The third kappa shape index (κ3) is 6.13. The van der Waals surface area contributed by atoms with E-state index in [-0.39, 0.29) is 0 Å². The van der Waals surface area contributed by atoms with E-state index in [2.05, 4.69) is 198 Å². The number of fused-ring (bicyclic) bond motifs is 9. The number of hydrogen-bond donors (Lipinski definition) is 0. The van der Waals surface area contributed by atoms with Crippen molar-refractivity contribution < 1.29 is 8.83 Å². The van der Waals surface area contributed by atoms with Crippen molar-refractivity contribution in [2.45, 2.75) is 0 Å². The van der Waals surface area contributed by atoms with Crippen molar-refractivity contribution in [1.29, 1.82) is 0 Å². The molecule has 9 aromatic carbocycles. The van der Waals surface area contributed by atoms with Crippen molar-refractivity contribution in [3.63, 3.8) is 0 Å². The zero-order chi connectivity index (χ0) is 46.2. The number of aromatic nitrogens is 5. The minimum absolute atomic E-state index is 0.505. The molecule has 0 atom stereocenters. The Morgan fingerprint density at radius 1 is 0.357 bits per heavy atom. The summed E-state index contributed by atoms with van der Waals surface area (Å²) in [7, 11) is -2.91. The molecule has 7 nitrogen and oxygen atoms in total. The molecule has 0 saturated heterocycles. The molecule has 0 aliphatic rings. The summed E-state index contributed by atoms with van der Waals surface area (Å²) in [6.45, 7) is 0. The van der Waals surface area contributed by atoms with Crippen LogP contribution >= 0.6 is 0 Å². The number of benzene rings is 9. The van der Waals surface area contributed by atoms with Gasteiger partial charge in [0.1, 0.15) is 16.7 Å². The average molecular weight is 914 g/mol. The van der Waals surface area contributed by atoms with Gasteiger partial charge in [0, 0.05) is 49.6 Å². The van der Waals surface area contributed by atoms with Gasteiger partial charge in [-0.1, -0.05) is 188 Å². The van der Waals surface area contributed by atoms with Gasteiger partial charge in [-0.05, 0) is 68.3 Å². The van der Waals surface area contributed by atoms with Crippen molar-refractivity contribution in [1.82, 2.24) is 24.5 Å². The first-order chi connectivity index (χ1) is 34.7. The van der Waals surface area contributed by atoms with Gasteiger partial charge in [0.15, 0.2) is 25.3 Å². The van der Waals surface area contributed by atoms with Crippen LogP contribution in [0.25, 0.3) is 106 Å². The fraction of sp³-hybridized carbons (Fsp3) is 0. The van der Waals surface area contributed by atoms with E-state index in [1.165, 1.54) is 20.7 Å². The third-order valence-electron chi connectivity index (χ3n) is 13.9. The normalized spacial score (nSPS) is 12.0. The molecule has 0 saturated carbocycles. The first kappa shape index (κ1) is 39.9. The summed E-state index contributed by atoms with van der Waals surface area (Å²) in [5.74, 6) is 1.59. The summed E-state index contributed by atoms with van der Waals surface area (Å²) in [5.41, 5.74) is 8.98. The minimum Gasteiger partial charge on any atom is -0.456 e. The van der Waals surface area contributed by atoms with Gasteiger partial charge < -0.3 is 8.83 Å². The molecule has 328 valence electrons. The van der Waals surface area contributed by atoms with Crippen LogP contribution in [0.2, 0.25) is 0 Å². The SMILES string of the molecule is c1ccc([Si](c2ccccc2)(c2ccccc2)c2cccc(-c3nc(-c4cccc5oc6cnccc6c45)nc(-n4c5ccccc5c5ccc(-c6cccc7oc8ccccc8c67)cc54)n3)c2)cc1. The summed E-state index contributed by atoms with van der Waals surface area (Å²) >= 11 is 0. The largest absolute Gasteiger partial charge is 0.456 e. The van der Waals surface area contributed by atoms with Crippen LogP contribution in [-0.2, 0) is 0 Å². The molecule has 14 aromatic rings. The maximum atomic E-state index is 6.39. The third-order valence-corrected chi connectivity index (χ3v) is 18.7. The molecule has 14 rings (SSSR count). The van der Waals surface area contributed by atoms with Crippen molar-refractivity contribution >= 4 is 94.5 Å². The van der Waals surface area contributed by atoms with Gasteiger partial charge in [-0.3, -0.25) is 9.55 Å². The molecule has 0 amide bonds. The van der Waals surface area contributed by atoms with Gasteiger partial charge in [0.25, 0.3) is 0 Å². The molecule has 0 N–H and O–H groups in total. The Bertz CT molecular complexity index is 4220. The molecule has 8 heteroatoms. The second kappa shape index (κ2) is 15.9. The lowest BCUT2D eigenvalue weighted by molar-refractivity contribution is 0.667. The summed E-state index contributed by atoms with van der Waals surface area (Å²) in [6.07, 6.45) is 3.56. The maximum absolute atomic E-state index is 6.39. The predicted molar refractivity (Wildman–Crippen MR) is 286 cm³/mol. The van der Waals surface area contributed by atoms with E-state index in [1.807, 2.05) is 36.4 Å². The van der Waals surface area contributed by atoms with Crippen LogP contribution in [0.1, 0.15) is 0 Å². The standard InChI is InChI=1S/C62H39N5O2Si/c1-4-18-42(19-5-1)70(43-20-6-2-7-21-43,44-22-8-3-9-23-44)45-24-14-17-41(37-45)60-64-61(51-28-16-32-56-59(51)50-35-36-63-39-57(50)69-56)66-62(65-60)67-52-29-12-10-25-47(52)48-34-33-40(38-53(48)67)46-27-15-31-55-58(46)49-26-11-13-30-54(49)68-55/h1-39H. The van der Waals surface area contributed by atoms with Gasteiger partial charge >= 0.3 is 0 Å². The van der Waals surface area contributed by atoms with Crippen LogP contribution in [0.4, 0.5) is 0 Å². The molecule has 0 bridgehead atoms. The zero-order valence-electron chi connectivity index (χ0n) is 37.6. The van der Waals surface area contributed by atoms with E-state index in [4.69, 9.17) is 23.8 Å². The maximum Gasteiger partial charge on any atom is 0.238 e. The smallest absolute Gasteiger partial charge is 0.238 e. The Kier molecular flexibility index (Phi) is 9.08. The summed E-state index contributed by atoms with van der Waals surface area (Å²) < 4.78 is 15.0. The minimum atomic E-state index is -2.91. The van der Waals surface area contributed by atoms with E-state index >= 15 is 0 Å². The van der Waals surface area contributed by atoms with Crippen LogP contribution in [0, 0.1) is 0 Å². The highest BCUT2D eigenvalue weighted by Crippen LogP contribution is 2.41. The van der Waals surface area contributed by atoms with Gasteiger partial charge in [0.05, 0.1) is 17.2 Å². The molecule has 0 fully saturated rings. The number of furan rings is 2. The molecule has 0 radical (unpaired) electrons. The Hall–Kier alpha value is -9.24. The molecule has 0 spiro atoms. The van der Waals surface area contributed by atoms with E-state index in [9.17, 15) is 0 Å². The highest BCUT2D eigenvalue weighted by molar-refractivity contribution is 7.19. The fourth-order valence-electron chi connectivity index (χ4n) is 10.9. The zero-order valence-corrected chi connectivity index (χ0v) is 38.6. The predicted octanol–water partition coefficient (Wildman–Crippen LogP) is 12.5. The Labute approximate surface area is 402 Å². The van der Waals surface area contributed by atoms with Crippen molar-refractivity contribution in [2.24, 2.45) is 0 Å². The van der Waals surface area contributed by atoms with E-state index < -0.39 is 8.07 Å². The molecule has 0 aliphatic carbocycles. The van der Waals surface area contributed by atoms with Gasteiger partial charge in [0.2, 0.25) is 5.95 Å². The first-order valence-corrected chi connectivity index (χ1v) is 25.4. The fourth-order valence-corrected chi connectivity index (χ4v) is 15.7. The summed E-state index contributed by atoms with van der Waals surface area (Å²) in [4.78, 5) is 20.9. The van der Waals surface area contributed by atoms with Gasteiger partial charge in [-0.15, -0.1) is 0 Å². The van der Waals surface area contributed by atoms with E-state index in [1.54, 1.807) is 12.4 Å². The molecule has 5 aromatic heterocycles. The van der Waals surface area contributed by atoms with Crippen molar-refractivity contribution in [3.05, 3.63) is 237 Å². The average Bonchev–Trinajstić information content (AvgIpc) is 4.12. The lowest BCUT2D eigenvalue weighted by Crippen LogP contribution is -2.74. The Morgan fingerprint density at radius 2 is 0.914 bits per heavy atom. The number of para-hydroxylation sites is 2. The molecule has 0 unspecified atom stereocenters. The second-order valence-corrected chi connectivity index (χ2v) is 21.5. The second-order valence-electron chi connectivity index (χ2n) is 17.7. The molecule has 5 heterocycles. The van der Waals surface area contributed by atoms with Crippen molar-refractivity contribution in [2.75, 3.05) is 0 Å². The van der Waals surface area contributed by atoms with Crippen LogP contribution < -0.4 is 20.7 Å². The van der Waals surface area contributed by atoms with Gasteiger partial charge in [-0.25, -0.2) is 4.98 Å². The highest BCUT2D eigenvalue weighted by Gasteiger charge is 2.41. The monoisotopic (exact) mass is 913 g/mol. The number of nitrogens with zero attached hydrogens (tertiary/aromatic N) is 5.